The van der Waals surface area contributed by atoms with Gasteiger partial charge in [0.1, 0.15) is 66.4 Å². The Kier molecular flexibility index (Phi) is 40.2. The van der Waals surface area contributed by atoms with Crippen LogP contribution in [-0.2, 0) is 85.1 Å². The maximum absolute atomic E-state index is 12.9. The molecule has 5 fully saturated rings. The number of aliphatic hydroxyl groups is 1. The minimum atomic E-state index is -1.04. The van der Waals surface area contributed by atoms with E-state index in [9.17, 15) is 68.9 Å². The number of carbonyl (C=O) groups is 1. The van der Waals surface area contributed by atoms with Crippen LogP contribution >= 0.6 is 0 Å². The fourth-order valence-electron chi connectivity index (χ4n) is 19.6. The Bertz CT molecular complexity index is 6590. The number of aromatic nitrogens is 10. The number of H-pyrrole nitrogens is 5. The largest absolute Gasteiger partial charge is 0.444 e. The summed E-state index contributed by atoms with van der Waals surface area (Å²) in [6.45, 7) is 36.6. The molecule has 0 saturated carbocycles. The molecule has 10 heterocycles. The molecular weight excluding hydrogens is 1920 g/mol. The van der Waals surface area contributed by atoms with E-state index in [4.69, 9.17) is 62.8 Å². The molecule has 149 heavy (non-hydrogen) atoms. The minimum Gasteiger partial charge on any atom is -0.444 e. The monoisotopic (exact) mass is 2060 g/mol. The molecule has 5 unspecified atom stereocenters. The number of nitrogens with one attached hydrogen (secondary N) is 6. The van der Waals surface area contributed by atoms with Crippen LogP contribution in [0.1, 0.15) is 248 Å². The lowest BCUT2D eigenvalue weighted by molar-refractivity contribution is -0.125. The SMILES string of the molecule is CCC1(CC)O[C@@H](n2cc(C)c(=O)[nH]c2=O)[C@@H](N)C1OCc1ccccc1.CCC1(CC)O[C@@H](n2cc(C)c(=O)[nH]c2=O)[C@@H](N=C(C)NC(=O)OC(C)(C)C)C1OCc1ccccc1.CCC1(CC)O[C@@H](n2cc(C)c(=O)[nH]c2=O)[C@@H](N=[N+]=[N-])C1OCc1ccccc1.CCC1(CC)O[C@@H](n2cc(C)c(=O)[nH]c2=O)[C@@H](N=[N+]=[N-])C1OCc1ccccc1.CCC1(CC)O[C@@H](n2cc(C)c(=O)[nH]c2=O)[C@@H](O)C1OCc1ccccc1. The summed E-state index contributed by atoms with van der Waals surface area (Å²) in [5.41, 5.74) is 22.3. The molecule has 802 valence electrons. The van der Waals surface area contributed by atoms with E-state index >= 15 is 0 Å². The predicted octanol–water partition coefficient (Wildman–Crippen LogP) is 13.9. The molecule has 0 radical (unpaired) electrons. The van der Waals surface area contributed by atoms with Crippen molar-refractivity contribution in [1.82, 2.24) is 53.1 Å². The van der Waals surface area contributed by atoms with Gasteiger partial charge in [-0.2, -0.15) is 0 Å². The molecule has 0 aliphatic carbocycles. The van der Waals surface area contributed by atoms with Crippen molar-refractivity contribution in [2.45, 2.75) is 354 Å². The van der Waals surface area contributed by atoms with Crippen LogP contribution < -0.4 is 67.3 Å². The van der Waals surface area contributed by atoms with Gasteiger partial charge in [-0.1, -0.05) is 231 Å². The lowest BCUT2D eigenvalue weighted by Gasteiger charge is -2.33. The quantitative estimate of drug-likeness (QED) is 0.00622. The number of rotatable bonds is 33. The first-order chi connectivity index (χ1) is 71.1. The first-order valence-corrected chi connectivity index (χ1v) is 50.5. The average molecular weight is 2060 g/mol. The maximum atomic E-state index is 12.9. The summed E-state index contributed by atoms with van der Waals surface area (Å²) < 4.78 is 74.8. The molecule has 5 aromatic heterocycles. The van der Waals surface area contributed by atoms with E-state index in [1.54, 1.807) is 62.3 Å². The lowest BCUT2D eigenvalue weighted by atomic mass is 9.88. The van der Waals surface area contributed by atoms with Crippen molar-refractivity contribution in [3.8, 4) is 0 Å². The molecule has 15 rings (SSSR count). The van der Waals surface area contributed by atoms with Crippen molar-refractivity contribution in [3.05, 3.63) is 363 Å². The van der Waals surface area contributed by atoms with Crippen LogP contribution in [-0.4, -0.2) is 159 Å². The Labute approximate surface area is 861 Å². The second kappa shape index (κ2) is 51.7. The van der Waals surface area contributed by atoms with Gasteiger partial charge in [0, 0.05) is 68.6 Å². The van der Waals surface area contributed by atoms with Crippen molar-refractivity contribution < 1.29 is 62.0 Å². The number of alkyl carbamates (subject to hydrolysis) is 1. The Balaban J connectivity index is 0.000000178. The van der Waals surface area contributed by atoms with Gasteiger partial charge in [-0.3, -0.25) is 82.0 Å². The van der Waals surface area contributed by atoms with E-state index < -0.39 is 182 Å². The number of ether oxygens (including phenoxy) is 11. The van der Waals surface area contributed by atoms with Crippen LogP contribution in [0.2, 0.25) is 0 Å². The predicted molar refractivity (Wildman–Crippen MR) is 559 cm³/mol. The smallest absolute Gasteiger partial charge is 0.413 e. The zero-order valence-corrected chi connectivity index (χ0v) is 88.0. The Hall–Kier alpha value is -13.4. The molecule has 1 amide bonds. The first kappa shape index (κ1) is 116. The third kappa shape index (κ3) is 27.1. The van der Waals surface area contributed by atoms with E-state index in [1.165, 1.54) is 53.8 Å². The van der Waals surface area contributed by atoms with E-state index in [0.717, 1.165) is 27.8 Å². The standard InChI is InChI=1S/C27H38N4O6.2C20H25N5O4.C20H27N3O4.C20H26N2O5/c1-8-27(9-2)21(35-16-19-13-11-10-12-14-19)20(28-18(4)29-25(34)37-26(5,6)7)23(36-27)31-15-17(3)22(32)30-24(31)33;2*1-4-20(5-2)16(28-12-14-9-7-6-8-10-14)15(23-24-21)18(29-20)25-11-13(3)17(26)22-19(25)27;1-4-20(5-2)16(26-12-14-9-7-6-8-10-14)15(21)18(27-20)23-11-13(3)17(24)22-19(23)25;1-4-20(5-2)16(26-12-14-9-7-6-8-10-14)15(23)18(27-20)22-11-13(3)17(24)21-19(22)25/h10-15,20-21,23H,8-9,16H2,1-7H3,(H,28,29,34)(H,30,32,33);2*6-11,15-16,18H,4-5,12H2,1-3H3,(H,22,26,27);6-11,15-16,18H,4-5,12,21H2,1-3H3,(H,22,24,25);6-11,15-16,18,23H,4-5,12H2,1-3H3,(H,21,24,25)/t20-,21?,23+;4*15-,16?,18+/m00000/s1. The van der Waals surface area contributed by atoms with Gasteiger partial charge < -0.3 is 62.9 Å². The van der Waals surface area contributed by atoms with Gasteiger partial charge in [-0.05, 0) is 165 Å². The molecule has 9 N–H and O–H groups in total. The lowest BCUT2D eigenvalue weighted by Crippen LogP contribution is -2.48. The third-order valence-corrected chi connectivity index (χ3v) is 28.3. The summed E-state index contributed by atoms with van der Waals surface area (Å²) in [5, 5.41) is 21.5. The zero-order chi connectivity index (χ0) is 109. The number of amides is 1. The number of nitrogens with zero attached hydrogens (tertiary/aromatic N) is 12. The van der Waals surface area contributed by atoms with Crippen LogP contribution in [0.4, 0.5) is 4.79 Å². The number of carbonyl (C=O) groups excluding carboxylic acids is 1. The highest BCUT2D eigenvalue weighted by molar-refractivity contribution is 5.94. The van der Waals surface area contributed by atoms with Gasteiger partial charge in [0.25, 0.3) is 27.8 Å². The van der Waals surface area contributed by atoms with Crippen molar-refractivity contribution in [3.63, 3.8) is 0 Å². The number of aliphatic imine (C=N–C) groups is 1. The number of amidine groups is 1. The van der Waals surface area contributed by atoms with Crippen LogP contribution in [0.3, 0.4) is 0 Å². The Morgan fingerprint density at radius 2 is 0.591 bits per heavy atom. The van der Waals surface area contributed by atoms with Crippen molar-refractivity contribution >= 4 is 11.9 Å². The molecule has 0 spiro atoms. The summed E-state index contributed by atoms with van der Waals surface area (Å²) in [6, 6.07) is 45.9. The Morgan fingerprint density at radius 1 is 0.369 bits per heavy atom. The summed E-state index contributed by atoms with van der Waals surface area (Å²) >= 11 is 0. The summed E-state index contributed by atoms with van der Waals surface area (Å²) in [4.78, 5) is 156. The first-order valence-electron chi connectivity index (χ1n) is 50.5. The zero-order valence-electron chi connectivity index (χ0n) is 88.0. The molecule has 0 bridgehead atoms. The highest BCUT2D eigenvalue weighted by Crippen LogP contribution is 2.50. The normalized spacial score (nSPS) is 23.1. The van der Waals surface area contributed by atoms with E-state index in [1.807, 2.05) is 221 Å². The number of hydrogen-bond acceptors (Lipinski definition) is 27. The van der Waals surface area contributed by atoms with Gasteiger partial charge in [-0.15, -0.1) is 0 Å². The number of aliphatic hydroxyl groups excluding tert-OH is 1. The van der Waals surface area contributed by atoms with Gasteiger partial charge >= 0.3 is 34.5 Å². The van der Waals surface area contributed by atoms with Crippen LogP contribution in [0, 0.1) is 34.6 Å². The number of hydrogen-bond donors (Lipinski definition) is 8. The fraction of sp³-hybridized carbons (Fsp3) is 0.514. The second-order valence-electron chi connectivity index (χ2n) is 38.7. The van der Waals surface area contributed by atoms with Gasteiger partial charge in [0.05, 0.1) is 79.3 Å². The number of aryl methyl sites for hydroxylation is 5. The number of aromatic amines is 5. The van der Waals surface area contributed by atoms with Crippen LogP contribution in [0.15, 0.2) is 246 Å². The topological polar surface area (TPSA) is 561 Å². The molecule has 15 atom stereocenters. The van der Waals surface area contributed by atoms with E-state index in [2.05, 4.69) is 50.3 Å². The van der Waals surface area contributed by atoms with Gasteiger partial charge in [-0.25, -0.2) is 28.8 Å². The van der Waals surface area contributed by atoms with Crippen molar-refractivity contribution in [2.24, 2.45) is 21.0 Å². The molecule has 10 aromatic rings. The maximum Gasteiger partial charge on any atom is 0.413 e. The molecule has 5 aliphatic rings. The van der Waals surface area contributed by atoms with E-state index in [-0.39, 0.29) is 6.10 Å². The Morgan fingerprint density at radius 3 is 0.859 bits per heavy atom. The molecule has 42 heteroatoms. The summed E-state index contributed by atoms with van der Waals surface area (Å²) in [5.74, 6) is 0.290. The molecular formula is C107H141N19O23. The average Bonchev–Trinajstić information content (AvgIpc) is 1.62. The van der Waals surface area contributed by atoms with Crippen LogP contribution in [0.5, 0.6) is 0 Å². The van der Waals surface area contributed by atoms with Crippen LogP contribution in [0.25, 0.3) is 20.9 Å². The third-order valence-electron chi connectivity index (χ3n) is 28.3. The minimum absolute atomic E-state index is 0.290. The molecule has 5 aromatic carbocycles. The number of nitrogens with two attached hydrogens (primary N) is 1. The molecule has 5 saturated heterocycles. The van der Waals surface area contributed by atoms with E-state index in [0.29, 0.717) is 131 Å². The number of benzene rings is 5. The highest BCUT2D eigenvalue weighted by atomic mass is 16.6. The van der Waals surface area contributed by atoms with Crippen molar-refractivity contribution in [2.75, 3.05) is 0 Å². The van der Waals surface area contributed by atoms with Gasteiger partial charge in [0.2, 0.25) is 0 Å². The number of azide groups is 2. The summed E-state index contributed by atoms with van der Waals surface area (Å²) in [7, 11) is 0. The fourth-order valence-corrected chi connectivity index (χ4v) is 19.6. The molecule has 42 nitrogen and oxygen atoms in total. The van der Waals surface area contributed by atoms with Gasteiger partial charge in [0.15, 0.2) is 18.7 Å². The highest BCUT2D eigenvalue weighted by Gasteiger charge is 2.60. The second-order valence-corrected chi connectivity index (χ2v) is 38.7. The molecule has 5 aliphatic heterocycles. The van der Waals surface area contributed by atoms with Crippen molar-refractivity contribution in [1.29, 1.82) is 0 Å². The summed E-state index contributed by atoms with van der Waals surface area (Å²) in [6.07, 6.45) is 4.92.